The van der Waals surface area contributed by atoms with Crippen molar-refractivity contribution in [2.45, 2.75) is 18.9 Å². The van der Waals surface area contributed by atoms with E-state index in [4.69, 9.17) is 0 Å². The maximum absolute atomic E-state index is 13.3. The van der Waals surface area contributed by atoms with Crippen LogP contribution in [0.5, 0.6) is 0 Å². The second-order valence-electron chi connectivity index (χ2n) is 3.94. The first-order chi connectivity index (χ1) is 8.18. The van der Waals surface area contributed by atoms with Gasteiger partial charge in [0.15, 0.2) is 0 Å². The van der Waals surface area contributed by atoms with Gasteiger partial charge < -0.3 is 10.6 Å². The molecule has 5 heteroatoms. The lowest BCUT2D eigenvalue weighted by Gasteiger charge is -2.22. The van der Waals surface area contributed by atoms with Crippen LogP contribution < -0.4 is 10.6 Å². The maximum atomic E-state index is 13.3. The van der Waals surface area contributed by atoms with Crippen molar-refractivity contribution < 1.29 is 14.0 Å². The molecule has 0 radical (unpaired) electrons. The number of carbonyl (C=O) groups is 2. The second-order valence-corrected chi connectivity index (χ2v) is 3.94. The van der Waals surface area contributed by atoms with Gasteiger partial charge in [-0.25, -0.2) is 4.39 Å². The molecule has 17 heavy (non-hydrogen) atoms. The topological polar surface area (TPSA) is 58.2 Å². The molecule has 2 amide bonds. The fourth-order valence-electron chi connectivity index (χ4n) is 1.79. The minimum atomic E-state index is -0.582. The minimum absolute atomic E-state index is 0.0362. The van der Waals surface area contributed by atoms with Crippen molar-refractivity contribution in [3.8, 4) is 0 Å². The third kappa shape index (κ3) is 2.61. The third-order valence-corrected chi connectivity index (χ3v) is 2.71. The first-order valence-corrected chi connectivity index (χ1v) is 5.51. The number of hydrogen-bond donors (Lipinski definition) is 2. The van der Waals surface area contributed by atoms with Crippen molar-refractivity contribution in [1.29, 1.82) is 0 Å². The molecule has 1 saturated heterocycles. The predicted molar refractivity (Wildman–Crippen MR) is 59.9 cm³/mol. The number of hydrogen-bond acceptors (Lipinski definition) is 2. The normalized spacial score (nSPS) is 19.6. The van der Waals surface area contributed by atoms with Gasteiger partial charge in [0.1, 0.15) is 11.9 Å². The van der Waals surface area contributed by atoms with E-state index in [9.17, 15) is 14.0 Å². The van der Waals surface area contributed by atoms with E-state index in [-0.39, 0.29) is 11.5 Å². The molecule has 1 aromatic carbocycles. The van der Waals surface area contributed by atoms with Crippen molar-refractivity contribution in [2.24, 2.45) is 0 Å². The van der Waals surface area contributed by atoms with Gasteiger partial charge >= 0.3 is 0 Å². The number of carbonyl (C=O) groups excluding carboxylic acids is 2. The number of amides is 2. The number of benzene rings is 1. The monoisotopic (exact) mass is 236 g/mol. The highest BCUT2D eigenvalue weighted by Gasteiger charge is 2.24. The largest absolute Gasteiger partial charge is 0.354 e. The molecule has 1 unspecified atom stereocenters. The summed E-state index contributed by atoms with van der Waals surface area (Å²) in [6.07, 6.45) is 1.40. The predicted octanol–water partition coefficient (Wildman–Crippen LogP) is 0.834. The van der Waals surface area contributed by atoms with Crippen LogP contribution in [-0.4, -0.2) is 24.4 Å². The summed E-state index contributed by atoms with van der Waals surface area (Å²) >= 11 is 0. The van der Waals surface area contributed by atoms with Crippen LogP contribution in [0.3, 0.4) is 0 Å². The minimum Gasteiger partial charge on any atom is -0.354 e. The average Bonchev–Trinajstić information content (AvgIpc) is 2.32. The lowest BCUT2D eigenvalue weighted by Crippen LogP contribution is -2.50. The Balaban J connectivity index is 2.06. The second kappa shape index (κ2) is 4.95. The van der Waals surface area contributed by atoms with Gasteiger partial charge in [-0.15, -0.1) is 0 Å². The van der Waals surface area contributed by atoms with Crippen molar-refractivity contribution in [3.05, 3.63) is 35.6 Å². The van der Waals surface area contributed by atoms with E-state index < -0.39 is 17.8 Å². The smallest absolute Gasteiger partial charge is 0.254 e. The van der Waals surface area contributed by atoms with Crippen molar-refractivity contribution in [1.82, 2.24) is 10.6 Å². The molecule has 0 aliphatic carbocycles. The molecule has 2 N–H and O–H groups in total. The standard InChI is InChI=1S/C12H13FN2O2/c13-9-5-2-1-4-8(9)11(16)15-10-6-3-7-14-12(10)17/h1-2,4-5,10H,3,6-7H2,(H,14,17)(H,15,16). The zero-order valence-corrected chi connectivity index (χ0v) is 9.20. The number of halogens is 1. The summed E-state index contributed by atoms with van der Waals surface area (Å²) in [5, 5.41) is 5.19. The van der Waals surface area contributed by atoms with E-state index in [2.05, 4.69) is 10.6 Å². The Kier molecular flexibility index (Phi) is 3.37. The Morgan fingerprint density at radius 1 is 1.41 bits per heavy atom. The third-order valence-electron chi connectivity index (χ3n) is 2.71. The summed E-state index contributed by atoms with van der Waals surface area (Å²) in [4.78, 5) is 23.2. The van der Waals surface area contributed by atoms with Crippen molar-refractivity contribution in [3.63, 3.8) is 0 Å². The van der Waals surface area contributed by atoms with Gasteiger partial charge in [0.25, 0.3) is 5.91 Å². The lowest BCUT2D eigenvalue weighted by molar-refractivity contribution is -0.124. The quantitative estimate of drug-likeness (QED) is 0.799. The summed E-state index contributed by atoms with van der Waals surface area (Å²) in [5.41, 5.74) is -0.0362. The summed E-state index contributed by atoms with van der Waals surface area (Å²) in [6, 6.07) is 5.15. The van der Waals surface area contributed by atoms with Gasteiger partial charge in [0.05, 0.1) is 5.56 Å². The molecule has 1 atom stereocenters. The summed E-state index contributed by atoms with van der Waals surface area (Å²) in [5.74, 6) is -1.34. The maximum Gasteiger partial charge on any atom is 0.254 e. The molecule has 1 aromatic rings. The van der Waals surface area contributed by atoms with Gasteiger partial charge in [0.2, 0.25) is 5.91 Å². The molecular weight excluding hydrogens is 223 g/mol. The summed E-state index contributed by atoms with van der Waals surface area (Å²) < 4.78 is 13.3. The number of nitrogens with one attached hydrogen (secondary N) is 2. The van der Waals surface area contributed by atoms with Crippen LogP contribution in [0.4, 0.5) is 4.39 Å². The summed E-state index contributed by atoms with van der Waals surface area (Å²) in [6.45, 7) is 0.630. The highest BCUT2D eigenvalue weighted by molar-refractivity contribution is 5.97. The van der Waals surface area contributed by atoms with Crippen LogP contribution in [0.25, 0.3) is 0 Å². The lowest BCUT2D eigenvalue weighted by atomic mass is 10.1. The Labute approximate surface area is 98.2 Å². The Bertz CT molecular complexity index is 448. The fourth-order valence-corrected chi connectivity index (χ4v) is 1.79. The Morgan fingerprint density at radius 3 is 2.88 bits per heavy atom. The fraction of sp³-hybridized carbons (Fsp3) is 0.333. The van der Waals surface area contributed by atoms with E-state index in [1.165, 1.54) is 18.2 Å². The Morgan fingerprint density at radius 2 is 2.18 bits per heavy atom. The molecule has 0 saturated carbocycles. The Hall–Kier alpha value is -1.91. The van der Waals surface area contributed by atoms with Gasteiger partial charge in [0, 0.05) is 6.54 Å². The highest BCUT2D eigenvalue weighted by Crippen LogP contribution is 2.08. The molecular formula is C12H13FN2O2. The zero-order chi connectivity index (χ0) is 12.3. The first kappa shape index (κ1) is 11.6. The molecule has 1 fully saturated rings. The SMILES string of the molecule is O=C(NC1CCCNC1=O)c1ccccc1F. The average molecular weight is 236 g/mol. The van der Waals surface area contributed by atoms with E-state index >= 15 is 0 Å². The van der Waals surface area contributed by atoms with E-state index in [0.717, 1.165) is 6.42 Å². The number of piperidine rings is 1. The molecule has 4 nitrogen and oxygen atoms in total. The molecule has 2 rings (SSSR count). The van der Waals surface area contributed by atoms with Crippen molar-refractivity contribution in [2.75, 3.05) is 6.54 Å². The molecule has 1 heterocycles. The van der Waals surface area contributed by atoms with E-state index in [1.807, 2.05) is 0 Å². The molecule has 90 valence electrons. The molecule has 0 bridgehead atoms. The highest BCUT2D eigenvalue weighted by atomic mass is 19.1. The molecule has 0 aromatic heterocycles. The van der Waals surface area contributed by atoms with Gasteiger partial charge in [-0.3, -0.25) is 9.59 Å². The van der Waals surface area contributed by atoms with Crippen LogP contribution in [0.2, 0.25) is 0 Å². The number of rotatable bonds is 2. The molecule has 1 aliphatic heterocycles. The van der Waals surface area contributed by atoms with Crippen LogP contribution in [-0.2, 0) is 4.79 Å². The van der Waals surface area contributed by atoms with Crippen LogP contribution in [0.15, 0.2) is 24.3 Å². The van der Waals surface area contributed by atoms with Crippen molar-refractivity contribution >= 4 is 11.8 Å². The molecule has 1 aliphatic rings. The zero-order valence-electron chi connectivity index (χ0n) is 9.20. The van der Waals surface area contributed by atoms with Gasteiger partial charge in [-0.05, 0) is 25.0 Å². The first-order valence-electron chi connectivity index (χ1n) is 5.51. The summed E-state index contributed by atoms with van der Waals surface area (Å²) in [7, 11) is 0. The van der Waals surface area contributed by atoms with Gasteiger partial charge in [-0.2, -0.15) is 0 Å². The van der Waals surface area contributed by atoms with E-state index in [0.29, 0.717) is 13.0 Å². The van der Waals surface area contributed by atoms with Crippen LogP contribution >= 0.6 is 0 Å². The molecule has 0 spiro atoms. The van der Waals surface area contributed by atoms with E-state index in [1.54, 1.807) is 6.07 Å². The van der Waals surface area contributed by atoms with Crippen LogP contribution in [0.1, 0.15) is 23.2 Å². The van der Waals surface area contributed by atoms with Gasteiger partial charge in [-0.1, -0.05) is 12.1 Å². The van der Waals surface area contributed by atoms with Crippen LogP contribution in [0, 0.1) is 5.82 Å².